The normalized spacial score (nSPS) is 11.3. The summed E-state index contributed by atoms with van der Waals surface area (Å²) >= 11 is 0. The Labute approximate surface area is 111 Å². The fraction of sp³-hybridized carbons (Fsp3) is 0.0769. The highest BCUT2D eigenvalue weighted by molar-refractivity contribution is 7.92. The zero-order chi connectivity index (χ0) is 14.0. The molecule has 2 aromatic rings. The predicted octanol–water partition coefficient (Wildman–Crippen LogP) is 2.52. The van der Waals surface area contributed by atoms with E-state index < -0.39 is 20.7 Å². The van der Waals surface area contributed by atoms with Crippen molar-refractivity contribution >= 4 is 21.4 Å². The number of aryl methyl sites for hydroxylation is 1. The Morgan fingerprint density at radius 1 is 1.16 bits per heavy atom. The van der Waals surface area contributed by atoms with Crippen LogP contribution in [0.4, 0.5) is 15.8 Å². The molecule has 6 heteroatoms. The first kappa shape index (κ1) is 13.4. The molecule has 100 valence electrons. The maximum absolute atomic E-state index is 13.5. The second kappa shape index (κ2) is 4.89. The van der Waals surface area contributed by atoms with Gasteiger partial charge in [0.25, 0.3) is 10.0 Å². The van der Waals surface area contributed by atoms with E-state index in [4.69, 9.17) is 5.73 Å². The number of nitrogen functional groups attached to an aromatic ring is 1. The molecule has 0 fully saturated rings. The van der Waals surface area contributed by atoms with Crippen LogP contribution in [-0.2, 0) is 10.0 Å². The maximum atomic E-state index is 13.5. The maximum Gasteiger partial charge on any atom is 0.264 e. The first-order valence-corrected chi connectivity index (χ1v) is 7.02. The van der Waals surface area contributed by atoms with Crippen molar-refractivity contribution < 1.29 is 12.8 Å². The minimum Gasteiger partial charge on any atom is -0.397 e. The highest BCUT2D eigenvalue weighted by Crippen LogP contribution is 2.24. The van der Waals surface area contributed by atoms with E-state index in [1.165, 1.54) is 18.2 Å². The van der Waals surface area contributed by atoms with Crippen LogP contribution in [0.5, 0.6) is 0 Å². The van der Waals surface area contributed by atoms with Crippen molar-refractivity contribution in [3.8, 4) is 0 Å². The molecule has 2 rings (SSSR count). The molecule has 0 aliphatic heterocycles. The first-order valence-electron chi connectivity index (χ1n) is 5.53. The molecule has 0 radical (unpaired) electrons. The fourth-order valence-electron chi connectivity index (χ4n) is 1.64. The van der Waals surface area contributed by atoms with Crippen LogP contribution in [0.2, 0.25) is 0 Å². The summed E-state index contributed by atoms with van der Waals surface area (Å²) in [7, 11) is -3.98. The number of benzene rings is 2. The van der Waals surface area contributed by atoms with E-state index in [2.05, 4.69) is 4.72 Å². The Balaban J connectivity index is 2.40. The van der Waals surface area contributed by atoms with Gasteiger partial charge in [0.1, 0.15) is 10.7 Å². The van der Waals surface area contributed by atoms with Gasteiger partial charge in [-0.1, -0.05) is 18.2 Å². The number of sulfonamides is 1. The van der Waals surface area contributed by atoms with E-state index >= 15 is 0 Å². The number of nitrogens with one attached hydrogen (secondary N) is 1. The summed E-state index contributed by atoms with van der Waals surface area (Å²) in [6.07, 6.45) is 0. The molecule has 4 nitrogen and oxygen atoms in total. The average molecular weight is 280 g/mol. The van der Waals surface area contributed by atoms with E-state index in [9.17, 15) is 12.8 Å². The van der Waals surface area contributed by atoms with Gasteiger partial charge in [-0.3, -0.25) is 4.72 Å². The van der Waals surface area contributed by atoms with Crippen molar-refractivity contribution in [2.75, 3.05) is 10.5 Å². The van der Waals surface area contributed by atoms with E-state index in [1.807, 2.05) is 6.92 Å². The Hall–Kier alpha value is -2.08. The van der Waals surface area contributed by atoms with Crippen LogP contribution in [0.1, 0.15) is 5.56 Å². The van der Waals surface area contributed by atoms with Crippen LogP contribution in [0.25, 0.3) is 0 Å². The van der Waals surface area contributed by atoms with Gasteiger partial charge in [-0.25, -0.2) is 12.8 Å². The molecule has 0 amide bonds. The molecule has 0 spiro atoms. The zero-order valence-corrected chi connectivity index (χ0v) is 11.0. The molecule has 19 heavy (non-hydrogen) atoms. The quantitative estimate of drug-likeness (QED) is 0.848. The second-order valence-corrected chi connectivity index (χ2v) is 5.78. The van der Waals surface area contributed by atoms with Gasteiger partial charge in [-0.05, 0) is 36.8 Å². The summed E-state index contributed by atoms with van der Waals surface area (Å²) in [5.41, 5.74) is 7.15. The molecular formula is C13H13FN2O2S. The van der Waals surface area contributed by atoms with Crippen LogP contribution in [0.15, 0.2) is 47.4 Å². The third-order valence-corrected chi connectivity index (χ3v) is 3.98. The number of anilines is 2. The Bertz CT molecular complexity index is 714. The summed E-state index contributed by atoms with van der Waals surface area (Å²) < 4.78 is 39.9. The van der Waals surface area contributed by atoms with Crippen LogP contribution >= 0.6 is 0 Å². The zero-order valence-electron chi connectivity index (χ0n) is 10.2. The highest BCUT2D eigenvalue weighted by Gasteiger charge is 2.19. The van der Waals surface area contributed by atoms with Crippen molar-refractivity contribution in [1.29, 1.82) is 0 Å². The van der Waals surface area contributed by atoms with Crippen LogP contribution in [0, 0.1) is 12.7 Å². The summed E-state index contributed by atoms with van der Waals surface area (Å²) in [4.78, 5) is -0.407. The minimum absolute atomic E-state index is 0.230. The van der Waals surface area contributed by atoms with E-state index in [0.29, 0.717) is 5.69 Å². The van der Waals surface area contributed by atoms with Gasteiger partial charge in [0.05, 0.1) is 11.4 Å². The summed E-state index contributed by atoms with van der Waals surface area (Å²) in [5.74, 6) is -0.805. The predicted molar refractivity (Wildman–Crippen MR) is 72.8 cm³/mol. The molecule has 0 aromatic heterocycles. The van der Waals surface area contributed by atoms with Crippen molar-refractivity contribution in [1.82, 2.24) is 0 Å². The van der Waals surface area contributed by atoms with E-state index in [1.54, 1.807) is 18.2 Å². The lowest BCUT2D eigenvalue weighted by Gasteiger charge is -2.11. The van der Waals surface area contributed by atoms with Gasteiger partial charge in [0.15, 0.2) is 0 Å². The van der Waals surface area contributed by atoms with Gasteiger partial charge in [-0.2, -0.15) is 0 Å². The third-order valence-electron chi connectivity index (χ3n) is 2.58. The van der Waals surface area contributed by atoms with Gasteiger partial charge in [-0.15, -0.1) is 0 Å². The van der Waals surface area contributed by atoms with Gasteiger partial charge in [0.2, 0.25) is 0 Å². The average Bonchev–Trinajstić information content (AvgIpc) is 2.33. The molecule has 0 unspecified atom stereocenters. The monoisotopic (exact) mass is 280 g/mol. The number of hydrogen-bond donors (Lipinski definition) is 2. The van der Waals surface area contributed by atoms with Crippen LogP contribution in [0.3, 0.4) is 0 Å². The van der Waals surface area contributed by atoms with Crippen molar-refractivity contribution in [2.45, 2.75) is 11.8 Å². The van der Waals surface area contributed by atoms with E-state index in [-0.39, 0.29) is 5.69 Å². The Morgan fingerprint density at radius 3 is 2.47 bits per heavy atom. The molecular weight excluding hydrogens is 267 g/mol. The van der Waals surface area contributed by atoms with Gasteiger partial charge in [0, 0.05) is 0 Å². The number of hydrogen-bond acceptors (Lipinski definition) is 3. The second-order valence-electron chi connectivity index (χ2n) is 4.13. The minimum atomic E-state index is -3.98. The molecule has 0 aliphatic carbocycles. The van der Waals surface area contributed by atoms with Crippen LogP contribution < -0.4 is 10.5 Å². The molecule has 0 saturated heterocycles. The molecule has 0 aliphatic rings. The van der Waals surface area contributed by atoms with Gasteiger partial charge < -0.3 is 5.73 Å². The molecule has 3 N–H and O–H groups in total. The lowest BCUT2D eigenvalue weighted by molar-refractivity contribution is 0.570. The molecule has 0 atom stereocenters. The molecule has 0 heterocycles. The highest BCUT2D eigenvalue weighted by atomic mass is 32.2. The topological polar surface area (TPSA) is 72.2 Å². The number of nitrogens with two attached hydrogens (primary N) is 1. The van der Waals surface area contributed by atoms with E-state index in [0.717, 1.165) is 11.6 Å². The number of halogens is 1. The lowest BCUT2D eigenvalue weighted by Crippen LogP contribution is -2.15. The smallest absolute Gasteiger partial charge is 0.264 e. The Morgan fingerprint density at radius 2 is 1.84 bits per heavy atom. The summed E-state index contributed by atoms with van der Waals surface area (Å²) in [6.45, 7) is 1.84. The lowest BCUT2D eigenvalue weighted by atomic mass is 10.2. The number of rotatable bonds is 3. The van der Waals surface area contributed by atoms with Gasteiger partial charge >= 0.3 is 0 Å². The largest absolute Gasteiger partial charge is 0.397 e. The third kappa shape index (κ3) is 2.85. The molecule has 2 aromatic carbocycles. The first-order chi connectivity index (χ1) is 8.90. The standard InChI is InChI=1S/C13H13FN2O2S/c1-9-6-7-12(11(15)8-9)16-19(17,18)13-5-3-2-4-10(13)14/h2-8,16H,15H2,1H3. The summed E-state index contributed by atoms with van der Waals surface area (Å²) in [6, 6.07) is 10.1. The molecule has 0 bridgehead atoms. The Kier molecular flexibility index (Phi) is 3.44. The van der Waals surface area contributed by atoms with Crippen LogP contribution in [-0.4, -0.2) is 8.42 Å². The SMILES string of the molecule is Cc1ccc(NS(=O)(=O)c2ccccc2F)c(N)c1. The van der Waals surface area contributed by atoms with Crippen molar-refractivity contribution in [3.63, 3.8) is 0 Å². The van der Waals surface area contributed by atoms with Crippen molar-refractivity contribution in [2.24, 2.45) is 0 Å². The molecule has 0 saturated carbocycles. The fourth-order valence-corrected chi connectivity index (χ4v) is 2.81. The van der Waals surface area contributed by atoms with Crippen molar-refractivity contribution in [3.05, 3.63) is 53.8 Å². The summed E-state index contributed by atoms with van der Waals surface area (Å²) in [5, 5.41) is 0.